The molecule has 8 heteroatoms. The van der Waals surface area contributed by atoms with Crippen molar-refractivity contribution in [3.8, 4) is 17.5 Å². The normalized spacial score (nSPS) is 11.6. The molecule has 0 aliphatic heterocycles. The Morgan fingerprint density at radius 1 is 0.214 bits per heavy atom. The Bertz CT molecular complexity index is 4780. The number of rotatable bonds is 12. The fourth-order valence-corrected chi connectivity index (χ4v) is 12.5. The third-order valence-corrected chi connectivity index (χ3v) is 16.2. The Morgan fingerprint density at radius 2 is 0.560 bits per heavy atom. The average molecular weight is 1080 g/mol. The van der Waals surface area contributed by atoms with Crippen LogP contribution in [-0.2, 0) is 0 Å². The summed E-state index contributed by atoms with van der Waals surface area (Å²) in [5, 5.41) is 6.75. The van der Waals surface area contributed by atoms with E-state index in [1.165, 1.54) is 10.8 Å². The van der Waals surface area contributed by atoms with Crippen molar-refractivity contribution >= 4 is 117 Å². The van der Waals surface area contributed by atoms with Gasteiger partial charge in [-0.1, -0.05) is 170 Å². The van der Waals surface area contributed by atoms with E-state index in [1.807, 2.05) is 0 Å². The minimum Gasteiger partial charge on any atom is -0.310 e. The van der Waals surface area contributed by atoms with Crippen molar-refractivity contribution in [2.75, 3.05) is 14.7 Å². The fraction of sp³-hybridized carbons (Fsp3) is 0. The molecule has 0 amide bonds. The molecule has 0 spiro atoms. The molecule has 16 rings (SSSR count). The predicted molar refractivity (Wildman–Crippen MR) is 349 cm³/mol. The number of hydrogen-bond acceptors (Lipinski definition) is 5. The first kappa shape index (κ1) is 48.4. The topological polar surface area (TPSA) is 50.3 Å². The molecule has 0 aliphatic carbocycles. The van der Waals surface area contributed by atoms with E-state index in [4.69, 9.17) is 9.97 Å². The summed E-state index contributed by atoms with van der Waals surface area (Å²) in [7, 11) is 0. The number of nitrogens with zero attached hydrogens (tertiary/aromatic N) is 8. The molecule has 0 atom stereocenters. The molecule has 12 aromatic carbocycles. The highest BCUT2D eigenvalue weighted by atomic mass is 15.3. The van der Waals surface area contributed by atoms with Gasteiger partial charge in [-0.3, -0.25) is 14.0 Å². The molecule has 16 aromatic rings. The molecule has 0 N–H and O–H groups in total. The summed E-state index contributed by atoms with van der Waals surface area (Å²) in [6.45, 7) is 0. The highest BCUT2D eigenvalue weighted by molar-refractivity contribution is 6.13. The molecule has 4 aromatic heterocycles. The SMILES string of the molecule is c1ccc(N(c2ccccc2)c2ccc3c(c2)c2ccccc2n3-c2cc(N(c3ccccc3)c3ccc4c5ccccc5n(-c5ccccc5)c4c3)nc(-n3c4ccccc4c4cc(N(c5ccccc5)c5ccccc5)ccc43)n2)cc1. The van der Waals surface area contributed by atoms with Crippen LogP contribution in [0.1, 0.15) is 0 Å². The monoisotopic (exact) mass is 1080 g/mol. The highest BCUT2D eigenvalue weighted by Gasteiger charge is 2.26. The Labute approximate surface area is 485 Å². The second-order valence-corrected chi connectivity index (χ2v) is 21.1. The second kappa shape index (κ2) is 20.3. The number of hydrogen-bond donors (Lipinski definition) is 0. The second-order valence-electron chi connectivity index (χ2n) is 21.1. The number of para-hydroxylation sites is 9. The molecule has 396 valence electrons. The lowest BCUT2D eigenvalue weighted by Crippen LogP contribution is -2.15. The van der Waals surface area contributed by atoms with Gasteiger partial charge in [0.05, 0.1) is 33.1 Å². The van der Waals surface area contributed by atoms with Crippen LogP contribution in [-0.4, -0.2) is 23.7 Å². The molecule has 0 aliphatic rings. The smallest absolute Gasteiger partial charge is 0.238 e. The van der Waals surface area contributed by atoms with Gasteiger partial charge in [0, 0.05) is 89.6 Å². The molecular formula is C76H52N8. The summed E-state index contributed by atoms with van der Waals surface area (Å²) in [5.74, 6) is 1.96. The zero-order valence-electron chi connectivity index (χ0n) is 45.6. The highest BCUT2D eigenvalue weighted by Crippen LogP contribution is 2.45. The molecule has 0 bridgehead atoms. The zero-order chi connectivity index (χ0) is 55.5. The van der Waals surface area contributed by atoms with E-state index in [0.717, 1.165) is 112 Å². The van der Waals surface area contributed by atoms with Gasteiger partial charge in [-0.05, 0) is 140 Å². The van der Waals surface area contributed by atoms with Crippen LogP contribution < -0.4 is 14.7 Å². The maximum absolute atomic E-state index is 5.80. The summed E-state index contributed by atoms with van der Waals surface area (Å²) in [6.07, 6.45) is 0. The Morgan fingerprint density at radius 3 is 1.05 bits per heavy atom. The lowest BCUT2D eigenvalue weighted by Gasteiger charge is -2.26. The van der Waals surface area contributed by atoms with Crippen molar-refractivity contribution in [2.24, 2.45) is 0 Å². The predicted octanol–water partition coefficient (Wildman–Crippen LogP) is 20.2. The summed E-state index contributed by atoms with van der Waals surface area (Å²) in [6, 6.07) is 112. The van der Waals surface area contributed by atoms with E-state index >= 15 is 0 Å². The van der Waals surface area contributed by atoms with Gasteiger partial charge in [-0.15, -0.1) is 0 Å². The maximum atomic E-state index is 5.80. The van der Waals surface area contributed by atoms with E-state index in [0.29, 0.717) is 11.8 Å². The van der Waals surface area contributed by atoms with Crippen LogP contribution in [0.3, 0.4) is 0 Å². The van der Waals surface area contributed by atoms with Gasteiger partial charge in [-0.25, -0.2) is 0 Å². The standard InChI is InChI=1S/C76H52N8/c1-7-25-53(26-8-1)79(54-27-9-2-10-28-54)59-44-47-71-66(49-59)63-38-20-23-41-69(63)83(71)75-52-74(81(57-33-15-5-16-34-57)61-43-46-65-62-37-19-22-40-68(62)82(73(65)51-61)58-35-17-6-18-36-58)77-76(78-75)84-70-42-24-21-39-64(70)67-50-60(45-48-72(67)84)80(55-29-11-3-12-30-55)56-31-13-4-14-32-56/h1-52H. The molecule has 8 nitrogen and oxygen atoms in total. The summed E-state index contributed by atoms with van der Waals surface area (Å²) in [5.41, 5.74) is 15.6. The zero-order valence-corrected chi connectivity index (χ0v) is 45.6. The van der Waals surface area contributed by atoms with Crippen LogP contribution >= 0.6 is 0 Å². The van der Waals surface area contributed by atoms with Crippen LogP contribution in [0.5, 0.6) is 0 Å². The number of fused-ring (bicyclic) bond motifs is 9. The van der Waals surface area contributed by atoms with Gasteiger partial charge < -0.3 is 14.4 Å². The lowest BCUT2D eigenvalue weighted by atomic mass is 10.1. The van der Waals surface area contributed by atoms with Crippen molar-refractivity contribution in [2.45, 2.75) is 0 Å². The summed E-state index contributed by atoms with van der Waals surface area (Å²) >= 11 is 0. The first-order chi connectivity index (χ1) is 41.7. The van der Waals surface area contributed by atoms with Crippen LogP contribution in [0.15, 0.2) is 315 Å². The summed E-state index contributed by atoms with van der Waals surface area (Å²) < 4.78 is 6.95. The molecule has 4 heterocycles. The average Bonchev–Trinajstić information content (AvgIpc) is 2.09. The first-order valence-electron chi connectivity index (χ1n) is 28.4. The maximum Gasteiger partial charge on any atom is 0.238 e. The lowest BCUT2D eigenvalue weighted by molar-refractivity contribution is 0.941. The molecule has 0 saturated carbocycles. The third kappa shape index (κ3) is 8.15. The fourth-order valence-electron chi connectivity index (χ4n) is 12.5. The quantitative estimate of drug-likeness (QED) is 0.122. The molecule has 0 fully saturated rings. The van der Waals surface area contributed by atoms with Crippen LogP contribution in [0, 0.1) is 0 Å². The minimum atomic E-state index is 0.534. The Hall–Kier alpha value is -11.5. The van der Waals surface area contributed by atoms with Gasteiger partial charge in [-0.2, -0.15) is 9.97 Å². The van der Waals surface area contributed by atoms with Crippen LogP contribution in [0.2, 0.25) is 0 Å². The van der Waals surface area contributed by atoms with Gasteiger partial charge >= 0.3 is 0 Å². The van der Waals surface area contributed by atoms with E-state index in [1.54, 1.807) is 0 Å². The van der Waals surface area contributed by atoms with E-state index in [-0.39, 0.29) is 0 Å². The molecule has 0 radical (unpaired) electrons. The van der Waals surface area contributed by atoms with Crippen LogP contribution in [0.4, 0.5) is 51.3 Å². The van der Waals surface area contributed by atoms with Crippen molar-refractivity contribution in [3.63, 3.8) is 0 Å². The molecule has 0 unspecified atom stereocenters. The van der Waals surface area contributed by atoms with Crippen LogP contribution in [0.25, 0.3) is 82.9 Å². The first-order valence-corrected chi connectivity index (χ1v) is 28.4. The van der Waals surface area contributed by atoms with Gasteiger partial charge in [0.25, 0.3) is 0 Å². The molecule has 0 saturated heterocycles. The van der Waals surface area contributed by atoms with Gasteiger partial charge in [0.2, 0.25) is 5.95 Å². The minimum absolute atomic E-state index is 0.534. The summed E-state index contributed by atoms with van der Waals surface area (Å²) in [4.78, 5) is 18.5. The number of aromatic nitrogens is 5. The van der Waals surface area contributed by atoms with Gasteiger partial charge in [0.1, 0.15) is 11.6 Å². The number of anilines is 9. The Kier molecular flexibility index (Phi) is 11.7. The van der Waals surface area contributed by atoms with Crippen molar-refractivity contribution in [1.29, 1.82) is 0 Å². The largest absolute Gasteiger partial charge is 0.310 e. The van der Waals surface area contributed by atoms with E-state index in [2.05, 4.69) is 344 Å². The van der Waals surface area contributed by atoms with Crippen molar-refractivity contribution in [3.05, 3.63) is 315 Å². The number of benzene rings is 12. The third-order valence-electron chi connectivity index (χ3n) is 16.2. The Balaban J connectivity index is 0.965. The molecule has 84 heavy (non-hydrogen) atoms. The van der Waals surface area contributed by atoms with E-state index < -0.39 is 0 Å². The van der Waals surface area contributed by atoms with Gasteiger partial charge in [0.15, 0.2) is 0 Å². The van der Waals surface area contributed by atoms with Crippen molar-refractivity contribution < 1.29 is 0 Å². The van der Waals surface area contributed by atoms with Crippen molar-refractivity contribution in [1.82, 2.24) is 23.7 Å². The molecular weight excluding hydrogens is 1020 g/mol. The van der Waals surface area contributed by atoms with E-state index in [9.17, 15) is 0 Å².